The van der Waals surface area contributed by atoms with E-state index in [1.807, 2.05) is 27.7 Å². The van der Waals surface area contributed by atoms with Crippen LogP contribution in [0.25, 0.3) is 0 Å². The van der Waals surface area contributed by atoms with Gasteiger partial charge in [0.15, 0.2) is 5.01 Å². The Balaban J connectivity index is 3.01. The third kappa shape index (κ3) is 3.67. The maximum absolute atomic E-state index is 12.5. The lowest BCUT2D eigenvalue weighted by Gasteiger charge is -2.30. The standard InChI is InChI=1S/C11H17F3N2S/c1-5-15-8(10(2,3)4)7-6-16-9(17-7)11(12,13)14/h6,8,15H,5H2,1-4H3. The molecule has 0 radical (unpaired) electrons. The second kappa shape index (κ2) is 4.94. The average Bonchev–Trinajstić information content (AvgIpc) is 2.59. The zero-order chi connectivity index (χ0) is 13.3. The Morgan fingerprint density at radius 1 is 1.35 bits per heavy atom. The Hall–Kier alpha value is -0.620. The van der Waals surface area contributed by atoms with Crippen LogP contribution in [0.1, 0.15) is 43.6 Å². The minimum Gasteiger partial charge on any atom is -0.309 e. The summed E-state index contributed by atoms with van der Waals surface area (Å²) in [5.41, 5.74) is -0.147. The van der Waals surface area contributed by atoms with Gasteiger partial charge in [0.1, 0.15) is 0 Å². The molecule has 0 aliphatic carbocycles. The van der Waals surface area contributed by atoms with E-state index in [-0.39, 0.29) is 11.5 Å². The summed E-state index contributed by atoms with van der Waals surface area (Å²) in [5, 5.41) is 2.43. The van der Waals surface area contributed by atoms with Crippen LogP contribution < -0.4 is 5.32 Å². The van der Waals surface area contributed by atoms with Crippen molar-refractivity contribution >= 4 is 11.3 Å². The van der Waals surface area contributed by atoms with Gasteiger partial charge in [-0.3, -0.25) is 0 Å². The molecular weight excluding hydrogens is 249 g/mol. The first kappa shape index (κ1) is 14.4. The summed E-state index contributed by atoms with van der Waals surface area (Å²) in [6.07, 6.45) is -3.02. The van der Waals surface area contributed by atoms with Crippen LogP contribution in [0.2, 0.25) is 0 Å². The molecule has 0 fully saturated rings. The lowest BCUT2D eigenvalue weighted by Crippen LogP contribution is -2.31. The molecule has 0 aromatic carbocycles. The van der Waals surface area contributed by atoms with Gasteiger partial charge in [-0.1, -0.05) is 27.7 Å². The van der Waals surface area contributed by atoms with E-state index in [2.05, 4.69) is 10.3 Å². The van der Waals surface area contributed by atoms with Gasteiger partial charge in [0.25, 0.3) is 0 Å². The maximum atomic E-state index is 12.5. The Bertz CT molecular complexity index is 366. The van der Waals surface area contributed by atoms with Crippen molar-refractivity contribution in [3.8, 4) is 0 Å². The quantitative estimate of drug-likeness (QED) is 0.898. The first-order valence-electron chi connectivity index (χ1n) is 5.42. The number of nitrogens with one attached hydrogen (secondary N) is 1. The molecule has 17 heavy (non-hydrogen) atoms. The molecule has 1 aromatic heterocycles. The highest BCUT2D eigenvalue weighted by molar-refractivity contribution is 7.11. The molecule has 1 unspecified atom stereocenters. The molecule has 0 saturated heterocycles. The van der Waals surface area contributed by atoms with Crippen molar-refractivity contribution in [3.63, 3.8) is 0 Å². The summed E-state index contributed by atoms with van der Waals surface area (Å²) in [5.74, 6) is 0. The van der Waals surface area contributed by atoms with Crippen LogP contribution in [0, 0.1) is 5.41 Å². The molecule has 0 spiro atoms. The summed E-state index contributed by atoms with van der Waals surface area (Å²) in [6, 6.07) is -0.110. The van der Waals surface area contributed by atoms with Crippen molar-refractivity contribution in [3.05, 3.63) is 16.1 Å². The Morgan fingerprint density at radius 2 is 1.94 bits per heavy atom. The van der Waals surface area contributed by atoms with E-state index >= 15 is 0 Å². The summed E-state index contributed by atoms with van der Waals surface area (Å²) in [4.78, 5) is 4.09. The predicted molar refractivity (Wildman–Crippen MR) is 63.0 cm³/mol. The molecule has 1 rings (SSSR count). The summed E-state index contributed by atoms with van der Waals surface area (Å²) in [6.45, 7) is 8.62. The first-order chi connectivity index (χ1) is 7.66. The largest absolute Gasteiger partial charge is 0.443 e. The minimum absolute atomic E-state index is 0.110. The zero-order valence-electron chi connectivity index (χ0n) is 10.4. The highest BCUT2D eigenvalue weighted by atomic mass is 32.1. The van der Waals surface area contributed by atoms with E-state index in [0.717, 1.165) is 0 Å². The van der Waals surface area contributed by atoms with Crippen LogP contribution in [0.5, 0.6) is 0 Å². The van der Waals surface area contributed by atoms with Crippen molar-refractivity contribution in [2.45, 2.75) is 39.9 Å². The van der Waals surface area contributed by atoms with Crippen LogP contribution in [0.15, 0.2) is 6.20 Å². The van der Waals surface area contributed by atoms with Crippen LogP contribution >= 0.6 is 11.3 Å². The molecule has 0 bridgehead atoms. The number of hydrogen-bond donors (Lipinski definition) is 1. The number of thiazole rings is 1. The maximum Gasteiger partial charge on any atom is 0.443 e. The third-order valence-corrected chi connectivity index (χ3v) is 3.43. The first-order valence-corrected chi connectivity index (χ1v) is 6.24. The van der Waals surface area contributed by atoms with Crippen molar-refractivity contribution in [1.82, 2.24) is 10.3 Å². The van der Waals surface area contributed by atoms with Gasteiger partial charge in [0.2, 0.25) is 0 Å². The number of nitrogens with zero attached hydrogens (tertiary/aromatic N) is 1. The zero-order valence-corrected chi connectivity index (χ0v) is 11.2. The fraction of sp³-hybridized carbons (Fsp3) is 0.727. The fourth-order valence-electron chi connectivity index (χ4n) is 1.59. The van der Waals surface area contributed by atoms with Crippen molar-refractivity contribution in [2.75, 3.05) is 6.54 Å². The van der Waals surface area contributed by atoms with Gasteiger partial charge in [-0.2, -0.15) is 13.2 Å². The highest BCUT2D eigenvalue weighted by Gasteiger charge is 2.36. The lowest BCUT2D eigenvalue weighted by atomic mass is 9.86. The second-order valence-electron chi connectivity index (χ2n) is 4.92. The van der Waals surface area contributed by atoms with Crippen LogP contribution in [-0.2, 0) is 6.18 Å². The molecule has 1 atom stereocenters. The van der Waals surface area contributed by atoms with Gasteiger partial charge in [-0.05, 0) is 12.0 Å². The fourth-order valence-corrected chi connectivity index (χ4v) is 2.69. The normalized spacial score (nSPS) is 15.0. The molecule has 0 saturated carbocycles. The molecule has 0 aliphatic heterocycles. The van der Waals surface area contributed by atoms with Crippen molar-refractivity contribution in [1.29, 1.82) is 0 Å². The Morgan fingerprint density at radius 3 is 2.29 bits per heavy atom. The van der Waals surface area contributed by atoms with E-state index in [9.17, 15) is 13.2 Å². The third-order valence-electron chi connectivity index (χ3n) is 2.32. The van der Waals surface area contributed by atoms with Crippen LogP contribution in [-0.4, -0.2) is 11.5 Å². The van der Waals surface area contributed by atoms with Gasteiger partial charge < -0.3 is 5.32 Å². The Kier molecular flexibility index (Phi) is 4.19. The molecule has 2 nitrogen and oxygen atoms in total. The number of hydrogen-bond acceptors (Lipinski definition) is 3. The summed E-state index contributed by atoms with van der Waals surface area (Å²) >= 11 is 0.716. The molecule has 1 N–H and O–H groups in total. The average molecular weight is 266 g/mol. The SMILES string of the molecule is CCNC(c1cnc(C(F)(F)F)s1)C(C)(C)C. The minimum atomic E-state index is -4.35. The van der Waals surface area contributed by atoms with Gasteiger partial charge >= 0.3 is 6.18 Å². The number of aromatic nitrogens is 1. The predicted octanol–water partition coefficient (Wildman–Crippen LogP) is 3.86. The molecule has 1 heterocycles. The topological polar surface area (TPSA) is 24.9 Å². The van der Waals surface area contributed by atoms with Gasteiger partial charge in [-0.25, -0.2) is 4.98 Å². The van der Waals surface area contributed by atoms with E-state index < -0.39 is 11.2 Å². The number of rotatable bonds is 3. The number of alkyl halides is 3. The van der Waals surface area contributed by atoms with Gasteiger partial charge in [0, 0.05) is 17.1 Å². The van der Waals surface area contributed by atoms with Crippen LogP contribution in [0.3, 0.4) is 0 Å². The summed E-state index contributed by atoms with van der Waals surface area (Å²) < 4.78 is 37.4. The Labute approximate surface area is 103 Å². The lowest BCUT2D eigenvalue weighted by molar-refractivity contribution is -0.137. The molecule has 1 aromatic rings. The monoisotopic (exact) mass is 266 g/mol. The molecule has 6 heteroatoms. The second-order valence-corrected chi connectivity index (χ2v) is 5.98. The van der Waals surface area contributed by atoms with Crippen molar-refractivity contribution in [2.24, 2.45) is 5.41 Å². The van der Waals surface area contributed by atoms with E-state index in [4.69, 9.17) is 0 Å². The number of halogens is 3. The van der Waals surface area contributed by atoms with Gasteiger partial charge in [0.05, 0.1) is 0 Å². The summed E-state index contributed by atoms with van der Waals surface area (Å²) in [7, 11) is 0. The van der Waals surface area contributed by atoms with E-state index in [1.165, 1.54) is 6.20 Å². The van der Waals surface area contributed by atoms with E-state index in [0.29, 0.717) is 22.8 Å². The smallest absolute Gasteiger partial charge is 0.309 e. The molecular formula is C11H17F3N2S. The molecule has 0 aliphatic rings. The highest BCUT2D eigenvalue weighted by Crippen LogP contribution is 2.39. The molecule has 98 valence electrons. The van der Waals surface area contributed by atoms with Crippen LogP contribution in [0.4, 0.5) is 13.2 Å². The van der Waals surface area contributed by atoms with Crippen molar-refractivity contribution < 1.29 is 13.2 Å². The molecule has 0 amide bonds. The van der Waals surface area contributed by atoms with E-state index in [1.54, 1.807) is 0 Å². The van der Waals surface area contributed by atoms with Gasteiger partial charge in [-0.15, -0.1) is 11.3 Å².